The molecule has 2 aromatic carbocycles. The van der Waals surface area contributed by atoms with Crippen LogP contribution < -0.4 is 10.2 Å². The van der Waals surface area contributed by atoms with Gasteiger partial charge in [0.15, 0.2) is 11.0 Å². The molecular weight excluding hydrogens is 445 g/mol. The molecule has 30 heavy (non-hydrogen) atoms. The van der Waals surface area contributed by atoms with Gasteiger partial charge in [0.1, 0.15) is 5.75 Å². The number of hydrazone groups is 1. The molecule has 0 aliphatic rings. The smallest absolute Gasteiger partial charge is 0.250 e. The molecule has 0 aliphatic heterocycles. The van der Waals surface area contributed by atoms with E-state index in [1.165, 1.54) is 18.0 Å². The van der Waals surface area contributed by atoms with Crippen LogP contribution in [0, 0.1) is 0 Å². The number of ether oxygens (including phenoxy) is 1. The number of benzene rings is 2. The summed E-state index contributed by atoms with van der Waals surface area (Å²) >= 11 is 13.2. The van der Waals surface area contributed by atoms with Gasteiger partial charge < -0.3 is 9.30 Å². The van der Waals surface area contributed by atoms with Gasteiger partial charge >= 0.3 is 0 Å². The van der Waals surface area contributed by atoms with E-state index in [0.717, 1.165) is 17.1 Å². The van der Waals surface area contributed by atoms with Crippen LogP contribution >= 0.6 is 35.0 Å². The number of carbonyl (C=O) groups is 1. The molecule has 0 atom stereocenters. The van der Waals surface area contributed by atoms with Crippen molar-refractivity contribution in [2.75, 3.05) is 12.9 Å². The van der Waals surface area contributed by atoms with Crippen LogP contribution in [0.4, 0.5) is 0 Å². The van der Waals surface area contributed by atoms with E-state index in [9.17, 15) is 4.79 Å². The Labute approximate surface area is 188 Å². The zero-order valence-electron chi connectivity index (χ0n) is 16.3. The summed E-state index contributed by atoms with van der Waals surface area (Å²) in [6.07, 6.45) is 1.47. The summed E-state index contributed by atoms with van der Waals surface area (Å²) in [6, 6.07) is 12.6. The number of nitrogens with one attached hydrogen (secondary N) is 1. The second-order valence-corrected chi connectivity index (χ2v) is 7.81. The lowest BCUT2D eigenvalue weighted by Crippen LogP contribution is -2.20. The molecule has 1 amide bonds. The van der Waals surface area contributed by atoms with Gasteiger partial charge in [0.2, 0.25) is 0 Å². The van der Waals surface area contributed by atoms with E-state index in [1.54, 1.807) is 25.3 Å². The van der Waals surface area contributed by atoms with E-state index in [4.69, 9.17) is 27.9 Å². The molecule has 0 saturated carbocycles. The topological polar surface area (TPSA) is 81.4 Å². The number of thioether (sulfide) groups is 1. The lowest BCUT2D eigenvalue weighted by atomic mass is 10.2. The third-order valence-electron chi connectivity index (χ3n) is 4.07. The molecule has 0 spiro atoms. The number of rotatable bonds is 8. The molecule has 3 rings (SSSR count). The zero-order chi connectivity index (χ0) is 21.5. The Kier molecular flexibility index (Phi) is 7.73. The predicted octanol–water partition coefficient (Wildman–Crippen LogP) is 4.52. The number of carbonyl (C=O) groups excluding carboxylic acids is 1. The third kappa shape index (κ3) is 5.53. The molecular formula is C20H19Cl2N5O2S. The first kappa shape index (κ1) is 22.1. The van der Waals surface area contributed by atoms with Crippen molar-refractivity contribution in [2.45, 2.75) is 18.6 Å². The number of aromatic nitrogens is 3. The highest BCUT2D eigenvalue weighted by atomic mass is 35.5. The molecule has 1 heterocycles. The molecule has 0 radical (unpaired) electrons. The molecule has 3 aromatic rings. The van der Waals surface area contributed by atoms with Gasteiger partial charge in [-0.2, -0.15) is 5.10 Å². The van der Waals surface area contributed by atoms with Crippen molar-refractivity contribution in [1.82, 2.24) is 20.2 Å². The van der Waals surface area contributed by atoms with E-state index in [2.05, 4.69) is 20.7 Å². The van der Waals surface area contributed by atoms with Crippen LogP contribution in [-0.4, -0.2) is 39.7 Å². The van der Waals surface area contributed by atoms with E-state index in [1.807, 2.05) is 35.8 Å². The first-order chi connectivity index (χ1) is 14.5. The second kappa shape index (κ2) is 10.5. The van der Waals surface area contributed by atoms with E-state index in [-0.39, 0.29) is 11.7 Å². The first-order valence-electron chi connectivity index (χ1n) is 8.99. The molecule has 7 nitrogen and oxygen atoms in total. The minimum atomic E-state index is -0.266. The number of nitrogens with zero attached hydrogens (tertiary/aromatic N) is 4. The Balaban J connectivity index is 1.60. The number of hydrogen-bond donors (Lipinski definition) is 1. The summed E-state index contributed by atoms with van der Waals surface area (Å²) < 4.78 is 7.14. The van der Waals surface area contributed by atoms with Crippen molar-refractivity contribution in [3.63, 3.8) is 0 Å². The monoisotopic (exact) mass is 463 g/mol. The van der Waals surface area contributed by atoms with Crippen LogP contribution in [0.3, 0.4) is 0 Å². The molecule has 0 fully saturated rings. The van der Waals surface area contributed by atoms with Gasteiger partial charge in [0, 0.05) is 22.7 Å². The van der Waals surface area contributed by atoms with E-state index < -0.39 is 0 Å². The Morgan fingerprint density at radius 2 is 2.00 bits per heavy atom. The van der Waals surface area contributed by atoms with E-state index >= 15 is 0 Å². The maximum atomic E-state index is 12.1. The van der Waals surface area contributed by atoms with Crippen LogP contribution in [0.1, 0.15) is 12.5 Å². The molecule has 0 saturated heterocycles. The van der Waals surface area contributed by atoms with Crippen molar-refractivity contribution in [2.24, 2.45) is 5.10 Å². The standard InChI is InChI=1S/C20H19Cl2N5O2S/c1-3-27-19(13-5-8-16(29-2)9-6-13)25-26-20(27)30-12-18(28)24-23-11-14-4-7-15(21)10-17(14)22/h4-11H,3,12H2,1-2H3,(H,24,28)/b23-11+. The van der Waals surface area contributed by atoms with Crippen LogP contribution in [0.5, 0.6) is 5.75 Å². The number of halogens is 2. The van der Waals surface area contributed by atoms with Crippen LogP contribution in [0.25, 0.3) is 11.4 Å². The summed E-state index contributed by atoms with van der Waals surface area (Å²) in [5.41, 5.74) is 4.06. The normalized spacial score (nSPS) is 11.1. The Morgan fingerprint density at radius 3 is 2.67 bits per heavy atom. The Bertz CT molecular complexity index is 1050. The van der Waals surface area contributed by atoms with E-state index in [0.29, 0.717) is 27.3 Å². The second-order valence-electron chi connectivity index (χ2n) is 6.03. The number of amides is 1. The average Bonchev–Trinajstić information content (AvgIpc) is 3.16. The quantitative estimate of drug-likeness (QED) is 0.301. The van der Waals surface area contributed by atoms with Crippen LogP contribution in [0.2, 0.25) is 10.0 Å². The number of methoxy groups -OCH3 is 1. The first-order valence-corrected chi connectivity index (χ1v) is 10.7. The summed E-state index contributed by atoms with van der Waals surface area (Å²) in [7, 11) is 1.62. The average molecular weight is 464 g/mol. The molecule has 1 N–H and O–H groups in total. The highest BCUT2D eigenvalue weighted by molar-refractivity contribution is 7.99. The zero-order valence-corrected chi connectivity index (χ0v) is 18.6. The molecule has 0 aliphatic carbocycles. The van der Waals surface area contributed by atoms with Crippen molar-refractivity contribution >= 4 is 47.1 Å². The fraction of sp³-hybridized carbons (Fsp3) is 0.200. The van der Waals surface area contributed by atoms with Gasteiger partial charge in [-0.1, -0.05) is 41.0 Å². The van der Waals surface area contributed by atoms with Crippen LogP contribution in [0.15, 0.2) is 52.7 Å². The van der Waals surface area contributed by atoms with Gasteiger partial charge in [0.05, 0.1) is 24.1 Å². The molecule has 0 bridgehead atoms. The maximum Gasteiger partial charge on any atom is 0.250 e. The fourth-order valence-corrected chi connectivity index (χ4v) is 3.83. The molecule has 10 heteroatoms. The lowest BCUT2D eigenvalue weighted by molar-refractivity contribution is -0.118. The van der Waals surface area contributed by atoms with Gasteiger partial charge in [-0.15, -0.1) is 10.2 Å². The highest BCUT2D eigenvalue weighted by Gasteiger charge is 2.14. The van der Waals surface area contributed by atoms with Crippen LogP contribution in [-0.2, 0) is 11.3 Å². The minimum Gasteiger partial charge on any atom is -0.497 e. The van der Waals surface area contributed by atoms with Gasteiger partial charge in [-0.25, -0.2) is 5.43 Å². The van der Waals surface area contributed by atoms with Crippen molar-refractivity contribution in [3.05, 3.63) is 58.1 Å². The SMILES string of the molecule is CCn1c(SCC(=O)N/N=C/c2ccc(Cl)cc2Cl)nnc1-c1ccc(OC)cc1. The number of hydrogen-bond acceptors (Lipinski definition) is 6. The minimum absolute atomic E-state index is 0.145. The fourth-order valence-electron chi connectivity index (χ4n) is 2.58. The van der Waals surface area contributed by atoms with Gasteiger partial charge in [-0.05, 0) is 43.3 Å². The van der Waals surface area contributed by atoms with Crippen molar-refractivity contribution in [1.29, 1.82) is 0 Å². The van der Waals surface area contributed by atoms with Crippen molar-refractivity contribution in [3.8, 4) is 17.1 Å². The summed E-state index contributed by atoms with van der Waals surface area (Å²) in [5.74, 6) is 1.39. The third-order valence-corrected chi connectivity index (χ3v) is 5.60. The maximum absolute atomic E-state index is 12.1. The van der Waals surface area contributed by atoms with Gasteiger partial charge in [-0.3, -0.25) is 4.79 Å². The highest BCUT2D eigenvalue weighted by Crippen LogP contribution is 2.25. The largest absolute Gasteiger partial charge is 0.497 e. The summed E-state index contributed by atoms with van der Waals surface area (Å²) in [4.78, 5) is 12.1. The van der Waals surface area contributed by atoms with Crippen molar-refractivity contribution < 1.29 is 9.53 Å². The summed E-state index contributed by atoms with van der Waals surface area (Å²) in [5, 5.41) is 14.1. The molecule has 1 aromatic heterocycles. The molecule has 156 valence electrons. The Morgan fingerprint density at radius 1 is 1.23 bits per heavy atom. The lowest BCUT2D eigenvalue weighted by Gasteiger charge is -2.07. The summed E-state index contributed by atoms with van der Waals surface area (Å²) in [6.45, 7) is 2.67. The van der Waals surface area contributed by atoms with Gasteiger partial charge in [0.25, 0.3) is 5.91 Å². The predicted molar refractivity (Wildman–Crippen MR) is 121 cm³/mol. The molecule has 0 unspecified atom stereocenters. The Hall–Kier alpha value is -2.55.